The van der Waals surface area contributed by atoms with E-state index in [0.29, 0.717) is 18.6 Å². The van der Waals surface area contributed by atoms with E-state index in [0.717, 1.165) is 95.4 Å². The third kappa shape index (κ3) is 6.55. The number of rotatable bonds is 1. The predicted octanol–water partition coefficient (Wildman–Crippen LogP) is 4.24. The zero-order chi connectivity index (χ0) is 26.4. The number of morpholine rings is 1. The van der Waals surface area contributed by atoms with E-state index in [2.05, 4.69) is 62.6 Å². The molecule has 2 aromatic carbocycles. The minimum Gasteiger partial charge on any atom is -0.378 e. The number of anilines is 1. The van der Waals surface area contributed by atoms with Crippen molar-refractivity contribution in [1.29, 1.82) is 0 Å². The van der Waals surface area contributed by atoms with Gasteiger partial charge in [0.05, 0.1) is 18.9 Å². The molecule has 0 saturated carbocycles. The van der Waals surface area contributed by atoms with Crippen LogP contribution in [0.1, 0.15) is 48.2 Å². The quantitative estimate of drug-likeness (QED) is 0.510. The van der Waals surface area contributed by atoms with Crippen molar-refractivity contribution >= 4 is 11.5 Å². The van der Waals surface area contributed by atoms with Crippen molar-refractivity contribution in [3.8, 4) is 11.3 Å². The van der Waals surface area contributed by atoms with Gasteiger partial charge in [-0.3, -0.25) is 9.69 Å². The van der Waals surface area contributed by atoms with Crippen molar-refractivity contribution in [2.24, 2.45) is 5.92 Å². The number of carbonyl (C=O) groups excluding carboxylic acids is 1. The van der Waals surface area contributed by atoms with Crippen molar-refractivity contribution in [2.45, 2.75) is 45.2 Å². The number of hydrogen-bond donors (Lipinski definition) is 1. The van der Waals surface area contributed by atoms with E-state index in [9.17, 15) is 4.79 Å². The third-order valence-electron chi connectivity index (χ3n) is 8.36. The van der Waals surface area contributed by atoms with Gasteiger partial charge in [0, 0.05) is 62.4 Å². The van der Waals surface area contributed by atoms with Gasteiger partial charge in [0.25, 0.3) is 0 Å². The molecule has 7 heteroatoms. The fraction of sp³-hybridized carbons (Fsp3) is 0.469. The normalized spacial score (nSPS) is 22.8. The summed E-state index contributed by atoms with van der Waals surface area (Å²) < 4.78 is 5.63. The monoisotopic (exact) mass is 525 g/mol. The lowest BCUT2D eigenvalue weighted by Crippen LogP contribution is -2.38. The molecule has 7 heterocycles. The Morgan fingerprint density at radius 3 is 2.54 bits per heavy atom. The summed E-state index contributed by atoms with van der Waals surface area (Å²) in [7, 11) is 0. The van der Waals surface area contributed by atoms with Gasteiger partial charge in [0.1, 0.15) is 11.6 Å². The second kappa shape index (κ2) is 12.4. The summed E-state index contributed by atoms with van der Waals surface area (Å²) >= 11 is 0. The van der Waals surface area contributed by atoms with Crippen molar-refractivity contribution in [1.82, 2.24) is 20.2 Å². The molecule has 0 amide bonds. The van der Waals surface area contributed by atoms with Crippen LogP contribution in [-0.4, -0.2) is 66.6 Å². The van der Waals surface area contributed by atoms with Crippen LogP contribution in [0.15, 0.2) is 54.7 Å². The summed E-state index contributed by atoms with van der Waals surface area (Å²) in [6.45, 7) is 7.90. The number of ketones is 1. The van der Waals surface area contributed by atoms with Crippen LogP contribution in [0.2, 0.25) is 0 Å². The SMILES string of the molecule is O=C1CCCNCc2ccc(cc2)-c2ccnc(n2)Cc2ccc(N3CCOCC3)c(c2)CN2CCC1CC2. The second-order valence-electron chi connectivity index (χ2n) is 11.1. The van der Waals surface area contributed by atoms with Crippen LogP contribution in [0.3, 0.4) is 0 Å². The van der Waals surface area contributed by atoms with E-state index < -0.39 is 0 Å². The summed E-state index contributed by atoms with van der Waals surface area (Å²) in [5.41, 5.74) is 7.17. The molecule has 0 unspecified atom stereocenters. The lowest BCUT2D eigenvalue weighted by atomic mass is 9.90. The van der Waals surface area contributed by atoms with Crippen LogP contribution in [0.25, 0.3) is 11.3 Å². The molecule has 0 aliphatic carbocycles. The Bertz CT molecular complexity index is 1260. The minimum absolute atomic E-state index is 0.209. The van der Waals surface area contributed by atoms with Crippen LogP contribution >= 0.6 is 0 Å². The molecule has 8 bridgehead atoms. The van der Waals surface area contributed by atoms with Crippen LogP contribution in [0, 0.1) is 5.92 Å². The van der Waals surface area contributed by atoms with Crippen LogP contribution < -0.4 is 10.2 Å². The van der Waals surface area contributed by atoms with Crippen LogP contribution in [0.4, 0.5) is 5.69 Å². The van der Waals surface area contributed by atoms with Gasteiger partial charge < -0.3 is 15.0 Å². The Labute approximate surface area is 231 Å². The first-order valence-corrected chi connectivity index (χ1v) is 14.5. The molecular formula is C32H39N5O2. The lowest BCUT2D eigenvalue weighted by Gasteiger charge is -2.34. The van der Waals surface area contributed by atoms with E-state index in [4.69, 9.17) is 9.72 Å². The van der Waals surface area contributed by atoms with E-state index in [1.807, 2.05) is 12.3 Å². The molecule has 2 saturated heterocycles. The highest BCUT2D eigenvalue weighted by Gasteiger charge is 2.26. The van der Waals surface area contributed by atoms with Crippen molar-refractivity contribution in [3.05, 3.63) is 77.2 Å². The average Bonchev–Trinajstić information content (AvgIpc) is 2.98. The number of ether oxygens (including phenoxy) is 1. The van der Waals surface area contributed by atoms with E-state index in [1.54, 1.807) is 0 Å². The highest BCUT2D eigenvalue weighted by atomic mass is 16.5. The minimum atomic E-state index is 0.209. The Morgan fingerprint density at radius 2 is 1.72 bits per heavy atom. The molecule has 204 valence electrons. The molecule has 9 rings (SSSR count). The lowest BCUT2D eigenvalue weighted by molar-refractivity contribution is -0.124. The number of nitrogens with zero attached hydrogens (tertiary/aromatic N) is 4. The number of hydrogen-bond acceptors (Lipinski definition) is 7. The summed E-state index contributed by atoms with van der Waals surface area (Å²) in [6, 6.07) is 17.4. The predicted molar refractivity (Wildman–Crippen MR) is 154 cm³/mol. The first kappa shape index (κ1) is 26.1. The molecule has 0 radical (unpaired) electrons. The first-order chi connectivity index (χ1) is 19.2. The van der Waals surface area contributed by atoms with Gasteiger partial charge in [-0.2, -0.15) is 0 Å². The molecular weight excluding hydrogens is 486 g/mol. The summed E-state index contributed by atoms with van der Waals surface area (Å²) in [6.07, 6.45) is 6.08. The molecule has 0 atom stereocenters. The van der Waals surface area contributed by atoms with Gasteiger partial charge in [0.2, 0.25) is 0 Å². The molecule has 3 aromatic rings. The highest BCUT2D eigenvalue weighted by Crippen LogP contribution is 2.28. The van der Waals surface area contributed by atoms with Gasteiger partial charge in [0.15, 0.2) is 0 Å². The maximum atomic E-state index is 12.9. The molecule has 0 spiro atoms. The van der Waals surface area contributed by atoms with Crippen molar-refractivity contribution < 1.29 is 9.53 Å². The largest absolute Gasteiger partial charge is 0.378 e. The summed E-state index contributed by atoms with van der Waals surface area (Å²) in [4.78, 5) is 27.4. The third-order valence-corrected chi connectivity index (χ3v) is 8.36. The van der Waals surface area contributed by atoms with Gasteiger partial charge in [-0.1, -0.05) is 36.4 Å². The van der Waals surface area contributed by atoms with Gasteiger partial charge in [-0.15, -0.1) is 0 Å². The van der Waals surface area contributed by atoms with Crippen LogP contribution in [0.5, 0.6) is 0 Å². The number of benzene rings is 2. The van der Waals surface area contributed by atoms with Gasteiger partial charge in [-0.05, 0) is 67.7 Å². The number of aromatic nitrogens is 2. The van der Waals surface area contributed by atoms with Crippen molar-refractivity contribution in [3.63, 3.8) is 0 Å². The smallest absolute Gasteiger partial charge is 0.136 e. The molecule has 1 aromatic heterocycles. The van der Waals surface area contributed by atoms with E-state index in [-0.39, 0.29) is 5.92 Å². The first-order valence-electron chi connectivity index (χ1n) is 14.5. The number of carbonyl (C=O) groups is 1. The Balaban J connectivity index is 1.29. The number of nitrogens with one attached hydrogen (secondary N) is 1. The number of piperidine rings is 1. The summed E-state index contributed by atoms with van der Waals surface area (Å²) in [5.74, 6) is 1.49. The topological polar surface area (TPSA) is 70.6 Å². The molecule has 1 N–H and O–H groups in total. The maximum absolute atomic E-state index is 12.9. The average molecular weight is 526 g/mol. The van der Waals surface area contributed by atoms with Crippen LogP contribution in [-0.2, 0) is 29.0 Å². The molecule has 2 fully saturated rings. The van der Waals surface area contributed by atoms with Gasteiger partial charge >= 0.3 is 0 Å². The fourth-order valence-corrected chi connectivity index (χ4v) is 6.09. The number of Topliss-reactive ketones (excluding diaryl/α,β-unsaturated/α-hetero) is 1. The molecule has 7 nitrogen and oxygen atoms in total. The Kier molecular flexibility index (Phi) is 8.28. The fourth-order valence-electron chi connectivity index (χ4n) is 6.09. The Morgan fingerprint density at radius 1 is 0.923 bits per heavy atom. The molecule has 6 aliphatic rings. The molecule has 6 aliphatic heterocycles. The second-order valence-corrected chi connectivity index (χ2v) is 11.1. The standard InChI is InChI=1S/C32H39N5O2/c38-31-2-1-12-33-22-24-3-6-26(7-4-24)29-9-13-34-32(35-29)21-25-5-8-30(37-16-18-39-19-17-37)28(20-25)23-36-14-10-27(31)11-15-36/h3-9,13,20,27,33H,1-2,10-12,14-19,21-23H2. The van der Waals surface area contributed by atoms with E-state index in [1.165, 1.54) is 22.4 Å². The molecule has 39 heavy (non-hydrogen) atoms. The zero-order valence-corrected chi connectivity index (χ0v) is 22.8. The van der Waals surface area contributed by atoms with Gasteiger partial charge in [-0.25, -0.2) is 9.97 Å². The highest BCUT2D eigenvalue weighted by molar-refractivity contribution is 5.81. The Hall–Kier alpha value is -3.13. The van der Waals surface area contributed by atoms with Crippen molar-refractivity contribution in [2.75, 3.05) is 50.8 Å². The zero-order valence-electron chi connectivity index (χ0n) is 22.8. The van der Waals surface area contributed by atoms with E-state index >= 15 is 0 Å². The maximum Gasteiger partial charge on any atom is 0.136 e. The summed E-state index contributed by atoms with van der Waals surface area (Å²) in [5, 5.41) is 3.51.